The van der Waals surface area contributed by atoms with E-state index in [-0.39, 0.29) is 0 Å². The summed E-state index contributed by atoms with van der Waals surface area (Å²) in [6, 6.07) is 1.41. The molecule has 0 aromatic heterocycles. The number of piperidine rings is 2. The highest BCUT2D eigenvalue weighted by Gasteiger charge is 2.41. The van der Waals surface area contributed by atoms with Crippen molar-refractivity contribution in [3.8, 4) is 0 Å². The number of fused-ring (bicyclic) bond motifs is 1. The van der Waals surface area contributed by atoms with Gasteiger partial charge in [0.25, 0.3) is 0 Å². The minimum Gasteiger partial charge on any atom is -0.339 e. The smallest absolute Gasteiger partial charge is 0.222 e. The summed E-state index contributed by atoms with van der Waals surface area (Å²) in [5.74, 6) is 2.01. The molecule has 2 aliphatic carbocycles. The fourth-order valence-electron chi connectivity index (χ4n) is 6.04. The van der Waals surface area contributed by atoms with E-state index in [0.29, 0.717) is 11.9 Å². The third-order valence-corrected chi connectivity index (χ3v) is 7.45. The second-order valence-electron chi connectivity index (χ2n) is 8.99. The molecule has 3 nitrogen and oxygen atoms in total. The zero-order chi connectivity index (χ0) is 16.4. The summed E-state index contributed by atoms with van der Waals surface area (Å²) in [6.45, 7) is 3.58. The molecule has 4 rings (SSSR count). The highest BCUT2D eigenvalue weighted by Crippen LogP contribution is 2.36. The Balaban J connectivity index is 1.37. The first-order chi connectivity index (χ1) is 11.8. The van der Waals surface area contributed by atoms with Gasteiger partial charge in [-0.15, -0.1) is 0 Å². The molecule has 4 fully saturated rings. The summed E-state index contributed by atoms with van der Waals surface area (Å²) >= 11 is 0. The summed E-state index contributed by atoms with van der Waals surface area (Å²) in [5, 5.41) is 0. The molecule has 2 atom stereocenters. The standard InChI is InChI=1S/C21H36N2O/c24-21-12-11-18-16-22(19-9-5-2-6-10-19)14-13-20(18)23(21)15-17-7-3-1-4-8-17/h17-20H,1-16H2/t18-,20+/m1/s1. The van der Waals surface area contributed by atoms with Crippen molar-refractivity contribution in [1.29, 1.82) is 0 Å². The average Bonchev–Trinajstić information content (AvgIpc) is 2.65. The molecule has 3 heteroatoms. The fourth-order valence-corrected chi connectivity index (χ4v) is 6.04. The molecule has 1 amide bonds. The SMILES string of the molecule is O=C1CC[C@@H]2CN(C3CCCCC3)CC[C@@H]2N1CC1CCCCC1. The minimum absolute atomic E-state index is 0.466. The van der Waals surface area contributed by atoms with Crippen LogP contribution >= 0.6 is 0 Å². The van der Waals surface area contributed by atoms with Crippen LogP contribution in [0, 0.1) is 11.8 Å². The van der Waals surface area contributed by atoms with E-state index in [1.807, 2.05) is 0 Å². The largest absolute Gasteiger partial charge is 0.339 e. The number of hydrogen-bond donors (Lipinski definition) is 0. The molecule has 24 heavy (non-hydrogen) atoms. The van der Waals surface area contributed by atoms with Crippen molar-refractivity contribution in [2.24, 2.45) is 11.8 Å². The van der Waals surface area contributed by atoms with E-state index in [1.165, 1.54) is 83.7 Å². The van der Waals surface area contributed by atoms with Crippen molar-refractivity contribution in [2.75, 3.05) is 19.6 Å². The highest BCUT2D eigenvalue weighted by molar-refractivity contribution is 5.77. The first kappa shape index (κ1) is 16.9. The van der Waals surface area contributed by atoms with Gasteiger partial charge in [0, 0.05) is 38.1 Å². The van der Waals surface area contributed by atoms with Crippen molar-refractivity contribution in [3.05, 3.63) is 0 Å². The van der Waals surface area contributed by atoms with Crippen LogP contribution in [-0.2, 0) is 4.79 Å². The van der Waals surface area contributed by atoms with Crippen LogP contribution in [0.1, 0.15) is 83.5 Å². The molecule has 0 bridgehead atoms. The Morgan fingerprint density at radius 1 is 0.833 bits per heavy atom. The lowest BCUT2D eigenvalue weighted by molar-refractivity contribution is -0.142. The molecule has 4 aliphatic rings. The number of rotatable bonds is 3. The summed E-state index contributed by atoms with van der Waals surface area (Å²) < 4.78 is 0. The van der Waals surface area contributed by atoms with E-state index in [0.717, 1.165) is 37.3 Å². The third-order valence-electron chi connectivity index (χ3n) is 7.45. The Bertz CT molecular complexity index is 426. The van der Waals surface area contributed by atoms with E-state index in [9.17, 15) is 4.79 Å². The molecule has 0 spiro atoms. The molecule has 0 aromatic rings. The zero-order valence-corrected chi connectivity index (χ0v) is 15.4. The van der Waals surface area contributed by atoms with Crippen LogP contribution < -0.4 is 0 Å². The van der Waals surface area contributed by atoms with Gasteiger partial charge in [-0.3, -0.25) is 9.69 Å². The summed E-state index contributed by atoms with van der Waals surface area (Å²) in [7, 11) is 0. The number of amides is 1. The van der Waals surface area contributed by atoms with E-state index in [2.05, 4.69) is 9.80 Å². The molecule has 0 radical (unpaired) electrons. The Morgan fingerprint density at radius 2 is 1.54 bits per heavy atom. The van der Waals surface area contributed by atoms with Crippen molar-refractivity contribution >= 4 is 5.91 Å². The lowest BCUT2D eigenvalue weighted by Crippen LogP contribution is -2.58. The van der Waals surface area contributed by atoms with Gasteiger partial charge in [0.2, 0.25) is 5.91 Å². The van der Waals surface area contributed by atoms with Crippen LogP contribution in [0.4, 0.5) is 0 Å². The summed E-state index contributed by atoms with van der Waals surface area (Å²) in [6.07, 6.45) is 17.2. The molecule has 2 saturated heterocycles. The first-order valence-electron chi connectivity index (χ1n) is 10.8. The van der Waals surface area contributed by atoms with E-state index < -0.39 is 0 Å². The fraction of sp³-hybridized carbons (Fsp3) is 0.952. The first-order valence-corrected chi connectivity index (χ1v) is 10.8. The minimum atomic E-state index is 0.466. The van der Waals surface area contributed by atoms with E-state index >= 15 is 0 Å². The Hall–Kier alpha value is -0.570. The van der Waals surface area contributed by atoms with Gasteiger partial charge in [-0.1, -0.05) is 38.5 Å². The normalized spacial score (nSPS) is 34.3. The summed E-state index contributed by atoms with van der Waals surface area (Å²) in [5.41, 5.74) is 0. The van der Waals surface area contributed by atoms with Gasteiger partial charge in [0.15, 0.2) is 0 Å². The molecule has 136 valence electrons. The van der Waals surface area contributed by atoms with Crippen LogP contribution in [0.25, 0.3) is 0 Å². The molecule has 2 heterocycles. The predicted octanol–water partition coefficient (Wildman–Crippen LogP) is 4.21. The zero-order valence-electron chi connectivity index (χ0n) is 15.4. The molecule has 2 saturated carbocycles. The molecule has 0 unspecified atom stereocenters. The average molecular weight is 333 g/mol. The van der Waals surface area contributed by atoms with Gasteiger partial charge in [-0.25, -0.2) is 0 Å². The number of nitrogens with zero attached hydrogens (tertiary/aromatic N) is 2. The van der Waals surface area contributed by atoms with Gasteiger partial charge >= 0.3 is 0 Å². The van der Waals surface area contributed by atoms with Gasteiger partial charge in [0.1, 0.15) is 0 Å². The van der Waals surface area contributed by atoms with Crippen molar-refractivity contribution < 1.29 is 4.79 Å². The lowest BCUT2D eigenvalue weighted by Gasteiger charge is -2.50. The predicted molar refractivity (Wildman–Crippen MR) is 97.9 cm³/mol. The Kier molecular flexibility index (Phi) is 5.46. The maximum Gasteiger partial charge on any atom is 0.222 e. The van der Waals surface area contributed by atoms with Crippen LogP contribution in [0.3, 0.4) is 0 Å². The van der Waals surface area contributed by atoms with E-state index in [1.54, 1.807) is 0 Å². The third kappa shape index (κ3) is 3.66. The number of hydrogen-bond acceptors (Lipinski definition) is 2. The Labute approximate surface area is 148 Å². The van der Waals surface area contributed by atoms with Crippen LogP contribution in [-0.4, -0.2) is 47.4 Å². The van der Waals surface area contributed by atoms with Crippen molar-refractivity contribution in [1.82, 2.24) is 9.80 Å². The molecule has 2 aliphatic heterocycles. The maximum atomic E-state index is 12.6. The molecule has 0 N–H and O–H groups in total. The lowest BCUT2D eigenvalue weighted by atomic mass is 9.80. The topological polar surface area (TPSA) is 23.6 Å². The number of likely N-dealkylation sites (tertiary alicyclic amines) is 2. The molecular weight excluding hydrogens is 296 g/mol. The van der Waals surface area contributed by atoms with Gasteiger partial charge < -0.3 is 4.90 Å². The second kappa shape index (κ2) is 7.76. The molecular formula is C21H36N2O. The van der Waals surface area contributed by atoms with Gasteiger partial charge in [0.05, 0.1) is 0 Å². The quantitative estimate of drug-likeness (QED) is 0.773. The van der Waals surface area contributed by atoms with Crippen LogP contribution in [0.2, 0.25) is 0 Å². The Morgan fingerprint density at radius 3 is 2.29 bits per heavy atom. The van der Waals surface area contributed by atoms with Crippen LogP contribution in [0.15, 0.2) is 0 Å². The monoisotopic (exact) mass is 332 g/mol. The number of carbonyl (C=O) groups excluding carboxylic acids is 1. The van der Waals surface area contributed by atoms with Crippen molar-refractivity contribution in [2.45, 2.75) is 95.6 Å². The summed E-state index contributed by atoms with van der Waals surface area (Å²) in [4.78, 5) is 17.8. The van der Waals surface area contributed by atoms with Gasteiger partial charge in [-0.2, -0.15) is 0 Å². The highest BCUT2D eigenvalue weighted by atomic mass is 16.2. The molecule has 0 aromatic carbocycles. The van der Waals surface area contributed by atoms with Gasteiger partial charge in [-0.05, 0) is 50.4 Å². The second-order valence-corrected chi connectivity index (χ2v) is 8.99. The van der Waals surface area contributed by atoms with Crippen molar-refractivity contribution in [3.63, 3.8) is 0 Å². The van der Waals surface area contributed by atoms with E-state index in [4.69, 9.17) is 0 Å². The maximum absolute atomic E-state index is 12.6. The van der Waals surface area contributed by atoms with Crippen LogP contribution in [0.5, 0.6) is 0 Å². The number of carbonyl (C=O) groups is 1.